The first kappa shape index (κ1) is 21.2. The predicted molar refractivity (Wildman–Crippen MR) is 98.7 cm³/mol. The Morgan fingerprint density at radius 3 is 2.16 bits per heavy atom. The van der Waals surface area contributed by atoms with Gasteiger partial charge in [0, 0.05) is 0 Å². The summed E-state index contributed by atoms with van der Waals surface area (Å²) in [5.41, 5.74) is 7.56. The van der Waals surface area contributed by atoms with E-state index in [1.54, 1.807) is 38.2 Å². The van der Waals surface area contributed by atoms with E-state index in [2.05, 4.69) is 15.9 Å². The Balaban J connectivity index is 0.000000251. The number of nitrogens with zero attached hydrogens (tertiary/aromatic N) is 1. The number of anilines is 1. The fourth-order valence-electron chi connectivity index (χ4n) is 2.37. The molecule has 4 N–H and O–H groups in total. The third-order valence-corrected chi connectivity index (χ3v) is 4.96. The van der Waals surface area contributed by atoms with Crippen LogP contribution in [0.3, 0.4) is 0 Å². The molecule has 0 atom stereocenters. The van der Waals surface area contributed by atoms with Crippen LogP contribution in [0.25, 0.3) is 0 Å². The monoisotopic (exact) mass is 431 g/mol. The number of nitrogen functional groups attached to an aromatic ring is 2. The van der Waals surface area contributed by atoms with Gasteiger partial charge >= 0.3 is 0 Å². The third kappa shape index (κ3) is 5.87. The lowest BCUT2D eigenvalue weighted by atomic mass is 10.1. The van der Waals surface area contributed by atoms with Crippen LogP contribution >= 0.6 is 15.9 Å². The van der Waals surface area contributed by atoms with Crippen molar-refractivity contribution in [2.45, 2.75) is 32.6 Å². The molecule has 0 aliphatic heterocycles. The van der Waals surface area contributed by atoms with Crippen molar-refractivity contribution in [1.29, 1.82) is 0 Å². The normalized spacial score (nSPS) is 10.8. The highest BCUT2D eigenvalue weighted by Gasteiger charge is 2.10. The fraction of sp³-hybridized carbons (Fsp3) is 0.312. The molecular weight excluding hydrogens is 410 g/mol. The minimum atomic E-state index is -4.33. The van der Waals surface area contributed by atoms with Gasteiger partial charge in [-0.3, -0.25) is 11.6 Å². The van der Waals surface area contributed by atoms with Crippen LogP contribution in [0, 0.1) is 20.8 Å². The molecule has 0 saturated heterocycles. The summed E-state index contributed by atoms with van der Waals surface area (Å²) in [5, 5.41) is 0. The van der Waals surface area contributed by atoms with E-state index in [1.165, 1.54) is 4.68 Å². The highest BCUT2D eigenvalue weighted by atomic mass is 79.9. The quantitative estimate of drug-likeness (QED) is 0.434. The summed E-state index contributed by atoms with van der Waals surface area (Å²) >= 11 is 3.30. The molecule has 0 spiro atoms. The van der Waals surface area contributed by atoms with Crippen molar-refractivity contribution >= 4 is 31.9 Å². The van der Waals surface area contributed by atoms with Gasteiger partial charge in [0.25, 0.3) is 5.82 Å². The van der Waals surface area contributed by atoms with Crippen molar-refractivity contribution in [1.82, 2.24) is 0 Å². The lowest BCUT2D eigenvalue weighted by Gasteiger charge is -2.14. The van der Waals surface area contributed by atoms with Crippen LogP contribution in [-0.2, 0) is 10.1 Å². The van der Waals surface area contributed by atoms with E-state index in [-0.39, 0.29) is 4.90 Å². The molecule has 7 nitrogen and oxygen atoms in total. The van der Waals surface area contributed by atoms with E-state index >= 15 is 0 Å². The Bertz CT molecular complexity index is 847. The topological polar surface area (TPSA) is 122 Å². The summed E-state index contributed by atoms with van der Waals surface area (Å²) in [7, 11) is -4.33. The van der Waals surface area contributed by atoms with E-state index in [4.69, 9.17) is 16.3 Å². The zero-order chi connectivity index (χ0) is 19.4. The second-order valence-electron chi connectivity index (χ2n) is 5.43. The predicted octanol–water partition coefficient (Wildman–Crippen LogP) is 1.95. The van der Waals surface area contributed by atoms with Crippen molar-refractivity contribution in [2.75, 3.05) is 18.2 Å². The number of benzene rings is 1. The Morgan fingerprint density at radius 2 is 1.72 bits per heavy atom. The molecule has 9 heteroatoms. The number of hydrogen-bond donors (Lipinski definition) is 2. The maximum absolute atomic E-state index is 10.8. The van der Waals surface area contributed by atoms with Gasteiger partial charge < -0.3 is 9.29 Å². The van der Waals surface area contributed by atoms with Gasteiger partial charge in [-0.2, -0.15) is 0 Å². The standard InChI is InChI=1S/C9H12O3S.C7H10BrN3O/c1-6-4-7(2)9(8(3)5-6)13(10,11)12;1-2-12-6-3-7(9)11(10)4-5(6)8/h4-5H,1-3H3,(H,10,11,12);3-4,9H,2,10H2,1H3. The first-order valence-corrected chi connectivity index (χ1v) is 9.59. The Labute approximate surface area is 156 Å². The summed E-state index contributed by atoms with van der Waals surface area (Å²) in [6, 6.07) is 5.06. The molecule has 25 heavy (non-hydrogen) atoms. The molecule has 0 bridgehead atoms. The molecule has 1 aromatic carbocycles. The maximum Gasteiger partial charge on any atom is 0.299 e. The number of ether oxygens (including phenoxy) is 1. The summed E-state index contributed by atoms with van der Waals surface area (Å²) in [6.45, 7) is 7.63. The molecule has 0 aliphatic carbocycles. The smallest absolute Gasteiger partial charge is 0.299 e. The van der Waals surface area contributed by atoms with E-state index in [0.29, 0.717) is 29.3 Å². The second kappa shape index (κ2) is 8.50. The van der Waals surface area contributed by atoms with Gasteiger partial charge in [-0.15, -0.1) is 4.68 Å². The van der Waals surface area contributed by atoms with Crippen LogP contribution in [0.15, 0.2) is 33.8 Å². The lowest BCUT2D eigenvalue weighted by Crippen LogP contribution is -2.46. The molecule has 1 heterocycles. The fourth-order valence-corrected chi connectivity index (χ4v) is 3.72. The second-order valence-corrected chi connectivity index (χ2v) is 7.60. The summed E-state index contributed by atoms with van der Waals surface area (Å²) in [6.07, 6.45) is 1.65. The summed E-state index contributed by atoms with van der Waals surface area (Å²) in [4.78, 5) is -0.0851. The molecular formula is C16H22BrN3O4S. The zero-order valence-corrected chi connectivity index (χ0v) is 16.9. The van der Waals surface area contributed by atoms with Gasteiger partial charge in [0.2, 0.25) is 0 Å². The molecule has 0 saturated carbocycles. The van der Waals surface area contributed by atoms with Crippen LogP contribution in [-0.4, -0.2) is 19.6 Å². The van der Waals surface area contributed by atoms with Gasteiger partial charge in [-0.1, -0.05) is 17.7 Å². The van der Waals surface area contributed by atoms with Gasteiger partial charge in [-0.25, -0.2) is 8.42 Å². The minimum absolute atomic E-state index is 0.0851. The molecule has 2 rings (SSSR count). The minimum Gasteiger partial charge on any atom is -0.744 e. The SMILES string of the molecule is CCOc1cc(N)[n+](N)cc1Br.Cc1cc(C)c(S(=O)(=O)[O-])c(C)c1. The van der Waals surface area contributed by atoms with Crippen molar-refractivity contribution in [3.05, 3.63) is 45.6 Å². The average Bonchev–Trinajstić information content (AvgIpc) is 2.43. The van der Waals surface area contributed by atoms with Crippen LogP contribution in [0.4, 0.5) is 5.82 Å². The number of rotatable bonds is 3. The maximum atomic E-state index is 10.8. The van der Waals surface area contributed by atoms with Crippen molar-refractivity contribution in [3.63, 3.8) is 0 Å². The van der Waals surface area contributed by atoms with E-state index in [1.807, 2.05) is 13.8 Å². The molecule has 1 aromatic heterocycles. The highest BCUT2D eigenvalue weighted by molar-refractivity contribution is 9.10. The average molecular weight is 432 g/mol. The first-order valence-electron chi connectivity index (χ1n) is 7.39. The molecule has 0 amide bonds. The number of aromatic nitrogens is 1. The number of nitrogens with two attached hydrogens (primary N) is 2. The molecule has 0 unspecified atom stereocenters. The van der Waals surface area contributed by atoms with Gasteiger partial charge in [0.1, 0.15) is 26.5 Å². The number of aryl methyl sites for hydroxylation is 3. The molecule has 0 aliphatic rings. The molecule has 0 fully saturated rings. The van der Waals surface area contributed by atoms with Crippen LogP contribution in [0.2, 0.25) is 0 Å². The number of hydrogen-bond acceptors (Lipinski definition) is 6. The van der Waals surface area contributed by atoms with Gasteiger partial charge in [0.05, 0.1) is 17.6 Å². The van der Waals surface area contributed by atoms with Gasteiger partial charge in [-0.05, 0) is 54.8 Å². The van der Waals surface area contributed by atoms with E-state index in [0.717, 1.165) is 10.0 Å². The van der Waals surface area contributed by atoms with Crippen molar-refractivity contribution in [2.24, 2.45) is 0 Å². The van der Waals surface area contributed by atoms with Crippen LogP contribution in [0.5, 0.6) is 5.75 Å². The Kier molecular flexibility index (Phi) is 7.21. The van der Waals surface area contributed by atoms with Crippen LogP contribution < -0.4 is 21.0 Å². The molecule has 0 radical (unpaired) electrons. The van der Waals surface area contributed by atoms with Crippen molar-refractivity contribution in [3.8, 4) is 5.75 Å². The van der Waals surface area contributed by atoms with Crippen LogP contribution in [0.1, 0.15) is 23.6 Å². The summed E-state index contributed by atoms with van der Waals surface area (Å²) in [5.74, 6) is 6.66. The number of pyridine rings is 1. The van der Waals surface area contributed by atoms with Gasteiger partial charge in [0.15, 0.2) is 0 Å². The lowest BCUT2D eigenvalue weighted by molar-refractivity contribution is -0.624. The number of halogens is 1. The largest absolute Gasteiger partial charge is 0.744 e. The van der Waals surface area contributed by atoms with E-state index in [9.17, 15) is 13.0 Å². The molecule has 138 valence electrons. The highest BCUT2D eigenvalue weighted by Crippen LogP contribution is 2.24. The zero-order valence-electron chi connectivity index (χ0n) is 14.5. The van der Waals surface area contributed by atoms with E-state index < -0.39 is 10.1 Å². The third-order valence-electron chi connectivity index (χ3n) is 3.22. The van der Waals surface area contributed by atoms with Crippen molar-refractivity contribution < 1.29 is 22.4 Å². The Hall–Kier alpha value is -1.84. The molecule has 2 aromatic rings. The summed E-state index contributed by atoms with van der Waals surface area (Å²) < 4.78 is 39.9. The first-order chi connectivity index (χ1) is 11.5. The Morgan fingerprint density at radius 1 is 1.20 bits per heavy atom.